The highest BCUT2D eigenvalue weighted by Gasteiger charge is 2.52. The van der Waals surface area contributed by atoms with E-state index in [-0.39, 0.29) is 30.9 Å². The zero-order valence-corrected chi connectivity index (χ0v) is 21.3. The second kappa shape index (κ2) is 12.8. The molecule has 9 heteroatoms. The van der Waals surface area contributed by atoms with E-state index in [0.717, 1.165) is 5.56 Å². The van der Waals surface area contributed by atoms with Gasteiger partial charge in [-0.3, -0.25) is 14.9 Å². The third-order valence-electron chi connectivity index (χ3n) is 6.36. The van der Waals surface area contributed by atoms with Gasteiger partial charge in [-0.05, 0) is 24.5 Å². The Hall–Kier alpha value is -4.24. The maximum Gasteiger partial charge on any atom is 0.336 e. The summed E-state index contributed by atoms with van der Waals surface area (Å²) >= 11 is 0. The van der Waals surface area contributed by atoms with Crippen LogP contribution in [-0.4, -0.2) is 47.3 Å². The highest BCUT2D eigenvalue weighted by atomic mass is 16.6. The molecule has 0 aromatic heterocycles. The number of benzene rings is 2. The van der Waals surface area contributed by atoms with Gasteiger partial charge in [-0.2, -0.15) is 0 Å². The molecule has 0 unspecified atom stereocenters. The van der Waals surface area contributed by atoms with Crippen LogP contribution < -0.4 is 5.32 Å². The van der Waals surface area contributed by atoms with E-state index in [9.17, 15) is 24.8 Å². The van der Waals surface area contributed by atoms with Crippen LogP contribution in [0.15, 0.2) is 91.2 Å². The molecule has 3 rings (SSSR count). The minimum Gasteiger partial charge on any atom is -0.461 e. The Morgan fingerprint density at radius 1 is 1.13 bits per heavy atom. The van der Waals surface area contributed by atoms with E-state index in [0.29, 0.717) is 24.2 Å². The normalized spacial score (nSPS) is 20.8. The van der Waals surface area contributed by atoms with Gasteiger partial charge in [0, 0.05) is 36.7 Å². The molecule has 0 fully saturated rings. The second-order valence-corrected chi connectivity index (χ2v) is 9.20. The molecule has 0 bridgehead atoms. The van der Waals surface area contributed by atoms with Crippen LogP contribution in [-0.2, 0) is 25.5 Å². The fourth-order valence-electron chi connectivity index (χ4n) is 4.71. The van der Waals surface area contributed by atoms with Gasteiger partial charge < -0.3 is 19.9 Å². The summed E-state index contributed by atoms with van der Waals surface area (Å²) in [6, 6.07) is 15.4. The van der Waals surface area contributed by atoms with Crippen LogP contribution in [0, 0.1) is 16.0 Å². The van der Waals surface area contributed by atoms with Crippen molar-refractivity contribution in [3.63, 3.8) is 0 Å². The molecule has 9 nitrogen and oxygen atoms in total. The van der Waals surface area contributed by atoms with E-state index < -0.39 is 34.3 Å². The molecule has 0 saturated carbocycles. The van der Waals surface area contributed by atoms with Crippen LogP contribution in [0.1, 0.15) is 30.4 Å². The van der Waals surface area contributed by atoms with Crippen molar-refractivity contribution >= 4 is 17.6 Å². The lowest BCUT2D eigenvalue weighted by Gasteiger charge is -2.43. The van der Waals surface area contributed by atoms with Gasteiger partial charge in [0.25, 0.3) is 5.69 Å². The summed E-state index contributed by atoms with van der Waals surface area (Å²) in [6.07, 6.45) is 3.37. The Bertz CT molecular complexity index is 1220. The highest BCUT2D eigenvalue weighted by molar-refractivity contribution is 5.94. The molecule has 0 radical (unpaired) electrons. The van der Waals surface area contributed by atoms with Crippen molar-refractivity contribution < 1.29 is 29.1 Å². The third kappa shape index (κ3) is 6.74. The first-order valence-corrected chi connectivity index (χ1v) is 12.2. The van der Waals surface area contributed by atoms with E-state index >= 15 is 0 Å². The van der Waals surface area contributed by atoms with Crippen molar-refractivity contribution in [2.75, 3.05) is 19.8 Å². The summed E-state index contributed by atoms with van der Waals surface area (Å²) < 4.78 is 10.7. The number of nitrogens with zero attached hydrogens (tertiary/aromatic N) is 1. The van der Waals surface area contributed by atoms with Crippen molar-refractivity contribution in [1.82, 2.24) is 5.32 Å². The van der Waals surface area contributed by atoms with Gasteiger partial charge in [-0.25, -0.2) is 4.79 Å². The average Bonchev–Trinajstić information content (AvgIpc) is 2.90. The van der Waals surface area contributed by atoms with E-state index in [2.05, 4.69) is 18.5 Å². The lowest BCUT2D eigenvalue weighted by Crippen LogP contribution is -2.50. The van der Waals surface area contributed by atoms with E-state index in [1.807, 2.05) is 30.3 Å². The van der Waals surface area contributed by atoms with Crippen molar-refractivity contribution in [2.45, 2.75) is 31.3 Å². The largest absolute Gasteiger partial charge is 0.461 e. The Labute approximate surface area is 221 Å². The zero-order chi connectivity index (χ0) is 27.7. The van der Waals surface area contributed by atoms with Crippen LogP contribution in [0.4, 0.5) is 5.69 Å². The van der Waals surface area contributed by atoms with E-state index in [1.165, 1.54) is 37.3 Å². The van der Waals surface area contributed by atoms with Gasteiger partial charge >= 0.3 is 11.9 Å². The monoisotopic (exact) mass is 520 g/mol. The number of aliphatic hydroxyl groups is 1. The van der Waals surface area contributed by atoms with Crippen molar-refractivity contribution in [3.05, 3.63) is 112 Å². The second-order valence-electron chi connectivity index (χ2n) is 9.20. The molecule has 2 N–H and O–H groups in total. The smallest absolute Gasteiger partial charge is 0.336 e. The Kier molecular flexibility index (Phi) is 9.56. The van der Waals surface area contributed by atoms with Crippen molar-refractivity contribution in [1.29, 1.82) is 0 Å². The van der Waals surface area contributed by atoms with Gasteiger partial charge in [0.1, 0.15) is 13.2 Å². The van der Waals surface area contributed by atoms with Gasteiger partial charge in [0.05, 0.1) is 22.0 Å². The number of hydrogen-bond donors (Lipinski definition) is 2. The summed E-state index contributed by atoms with van der Waals surface area (Å²) in [6.45, 7) is 8.87. The van der Waals surface area contributed by atoms with Gasteiger partial charge in [0.15, 0.2) is 0 Å². The van der Waals surface area contributed by atoms with E-state index in [1.54, 1.807) is 6.07 Å². The average molecular weight is 521 g/mol. The number of carbonyl (C=O) groups excluding carboxylic acids is 2. The van der Waals surface area contributed by atoms with Gasteiger partial charge in [-0.15, -0.1) is 0 Å². The number of ether oxygens (including phenoxy) is 2. The van der Waals surface area contributed by atoms with Gasteiger partial charge in [-0.1, -0.05) is 67.8 Å². The molecule has 0 heterocycles. The molecule has 2 aromatic carbocycles. The minimum atomic E-state index is -1.66. The Morgan fingerprint density at radius 3 is 2.47 bits per heavy atom. The Balaban J connectivity index is 2.15. The van der Waals surface area contributed by atoms with Crippen LogP contribution >= 0.6 is 0 Å². The van der Waals surface area contributed by atoms with E-state index in [4.69, 9.17) is 9.47 Å². The third-order valence-corrected chi connectivity index (χ3v) is 6.36. The molecule has 0 amide bonds. The summed E-state index contributed by atoms with van der Waals surface area (Å²) in [5.74, 6) is -3.83. The quantitative estimate of drug-likeness (QED) is 0.186. The van der Waals surface area contributed by atoms with Crippen LogP contribution in [0.2, 0.25) is 0 Å². The fourth-order valence-corrected chi connectivity index (χ4v) is 4.71. The van der Waals surface area contributed by atoms with Crippen molar-refractivity contribution in [2.24, 2.45) is 5.92 Å². The maximum absolute atomic E-state index is 13.4. The molecule has 0 spiro atoms. The Morgan fingerprint density at radius 2 is 1.82 bits per heavy atom. The zero-order valence-electron chi connectivity index (χ0n) is 21.3. The van der Waals surface area contributed by atoms with Crippen LogP contribution in [0.3, 0.4) is 0 Å². The highest BCUT2D eigenvalue weighted by Crippen LogP contribution is 2.47. The summed E-state index contributed by atoms with van der Waals surface area (Å²) in [5.41, 5.74) is -0.0158. The summed E-state index contributed by atoms with van der Waals surface area (Å²) in [5, 5.41) is 26.4. The first-order chi connectivity index (χ1) is 18.2. The molecular weight excluding hydrogens is 488 g/mol. The number of esters is 2. The topological polar surface area (TPSA) is 128 Å². The van der Waals surface area contributed by atoms with Gasteiger partial charge in [0.2, 0.25) is 0 Å². The number of non-ortho nitro benzene ring substituents is 1. The molecule has 38 heavy (non-hydrogen) atoms. The molecule has 3 atom stereocenters. The lowest BCUT2D eigenvalue weighted by atomic mass is 9.65. The molecule has 2 aromatic rings. The molecule has 1 aliphatic rings. The molecular formula is C29H32N2O7. The number of rotatable bonds is 12. The first kappa shape index (κ1) is 28.3. The number of nitrogens with one attached hydrogen (secondary N) is 1. The first-order valence-electron chi connectivity index (χ1n) is 12.2. The standard InChI is InChI=1S/C29H32N2O7/c1-4-16-37-27(32)25-23(30-15-14-20-10-7-6-8-11-20)19-29(3,34)26(28(33)38-17-5-2)24(25)21-12-9-13-22(18-21)31(35)36/h4-13,18,24,26,30,34H,1-2,14-17,19H2,3H3/t24-,26-,29-/m0/s1. The van der Waals surface area contributed by atoms with Crippen LogP contribution in [0.5, 0.6) is 0 Å². The summed E-state index contributed by atoms with van der Waals surface area (Å²) in [4.78, 5) is 37.7. The summed E-state index contributed by atoms with van der Waals surface area (Å²) in [7, 11) is 0. The predicted octanol–water partition coefficient (Wildman–Crippen LogP) is 3.99. The number of carbonyl (C=O) groups is 2. The number of nitro benzene ring substituents is 1. The minimum absolute atomic E-state index is 0.0698. The number of hydrogen-bond acceptors (Lipinski definition) is 8. The molecule has 1 aliphatic carbocycles. The molecule has 200 valence electrons. The maximum atomic E-state index is 13.4. The SMILES string of the molecule is C=CCOC(=O)C1=C(NCCc2ccccc2)C[C@](C)(O)[C@H](C(=O)OCC=C)[C@H]1c1cccc([N+](=O)[O-])c1. The lowest BCUT2D eigenvalue weighted by molar-refractivity contribution is -0.384. The van der Waals surface area contributed by atoms with Crippen molar-refractivity contribution in [3.8, 4) is 0 Å². The number of nitro groups is 1. The molecule has 0 aliphatic heterocycles. The predicted molar refractivity (Wildman–Crippen MR) is 142 cm³/mol. The fraction of sp³-hybridized carbons (Fsp3) is 0.310. The molecule has 0 saturated heterocycles. The van der Waals surface area contributed by atoms with Crippen LogP contribution in [0.25, 0.3) is 0 Å².